The number of aliphatic imine (C=N–C) groups is 1. The van der Waals surface area contributed by atoms with Crippen molar-refractivity contribution in [3.63, 3.8) is 0 Å². The molecule has 0 fully saturated rings. The Morgan fingerprint density at radius 3 is 2.48 bits per heavy atom. The predicted molar refractivity (Wildman–Crippen MR) is 117 cm³/mol. The van der Waals surface area contributed by atoms with Crippen molar-refractivity contribution in [2.45, 2.75) is 33.2 Å². The molecular formula is C19H26ClIN4. The van der Waals surface area contributed by atoms with Crippen molar-refractivity contribution >= 4 is 41.5 Å². The van der Waals surface area contributed by atoms with Gasteiger partial charge in [-0.05, 0) is 37.0 Å². The van der Waals surface area contributed by atoms with Crippen LogP contribution in [0.1, 0.15) is 36.5 Å². The zero-order valence-electron chi connectivity index (χ0n) is 14.9. The van der Waals surface area contributed by atoms with Gasteiger partial charge >= 0.3 is 0 Å². The Hall–Kier alpha value is -1.34. The number of aryl methyl sites for hydroxylation is 1. The van der Waals surface area contributed by atoms with E-state index in [2.05, 4.69) is 65.6 Å². The lowest BCUT2D eigenvalue weighted by molar-refractivity contribution is 0.699. The van der Waals surface area contributed by atoms with E-state index >= 15 is 0 Å². The summed E-state index contributed by atoms with van der Waals surface area (Å²) in [5.41, 5.74) is 3.64. The third kappa shape index (κ3) is 7.61. The summed E-state index contributed by atoms with van der Waals surface area (Å²) in [5.74, 6) is 1.22. The molecule has 0 spiro atoms. The largest absolute Gasteiger partial charge is 0.357 e. The Labute approximate surface area is 172 Å². The number of nitrogens with one attached hydrogen (secondary N) is 2. The third-order valence-electron chi connectivity index (χ3n) is 3.77. The first kappa shape index (κ1) is 21.7. The maximum atomic E-state index is 5.80. The fourth-order valence-corrected chi connectivity index (χ4v) is 2.39. The zero-order chi connectivity index (χ0) is 17.4. The molecular weight excluding hydrogens is 447 g/mol. The van der Waals surface area contributed by atoms with Crippen LogP contribution in [0.3, 0.4) is 0 Å². The van der Waals surface area contributed by atoms with E-state index in [-0.39, 0.29) is 24.0 Å². The molecule has 0 radical (unpaired) electrons. The van der Waals surface area contributed by atoms with Crippen LogP contribution in [0.2, 0.25) is 5.15 Å². The van der Waals surface area contributed by atoms with Gasteiger partial charge in [-0.3, -0.25) is 0 Å². The highest BCUT2D eigenvalue weighted by Crippen LogP contribution is 2.14. The monoisotopic (exact) mass is 472 g/mol. The molecule has 0 aliphatic carbocycles. The van der Waals surface area contributed by atoms with E-state index in [0.717, 1.165) is 24.6 Å². The van der Waals surface area contributed by atoms with Gasteiger partial charge in [0.1, 0.15) is 5.15 Å². The first-order valence-corrected chi connectivity index (χ1v) is 8.65. The summed E-state index contributed by atoms with van der Waals surface area (Å²) in [4.78, 5) is 8.68. The maximum Gasteiger partial charge on any atom is 0.191 e. The second-order valence-electron chi connectivity index (χ2n) is 5.88. The minimum absolute atomic E-state index is 0. The molecule has 0 bridgehead atoms. The fourth-order valence-electron chi connectivity index (χ4n) is 2.27. The molecule has 2 rings (SSSR count). The third-order valence-corrected chi connectivity index (χ3v) is 4.00. The van der Waals surface area contributed by atoms with Gasteiger partial charge in [-0.2, -0.15) is 0 Å². The number of hydrogen-bond acceptors (Lipinski definition) is 2. The van der Waals surface area contributed by atoms with Crippen LogP contribution in [-0.4, -0.2) is 24.0 Å². The number of pyridine rings is 1. The van der Waals surface area contributed by atoms with Crippen LogP contribution >= 0.6 is 35.6 Å². The summed E-state index contributed by atoms with van der Waals surface area (Å²) in [6.07, 6.45) is 1.75. The molecule has 6 heteroatoms. The SMILES string of the molecule is CCNC(=NCc1ccc(Cl)nc1)NCC(C)c1ccc(C)cc1.I. The van der Waals surface area contributed by atoms with Gasteiger partial charge in [-0.15, -0.1) is 24.0 Å². The predicted octanol–water partition coefficient (Wildman–Crippen LogP) is 4.52. The highest BCUT2D eigenvalue weighted by Gasteiger charge is 2.06. The van der Waals surface area contributed by atoms with E-state index in [1.807, 2.05) is 6.07 Å². The average Bonchev–Trinajstić information content (AvgIpc) is 2.59. The van der Waals surface area contributed by atoms with E-state index in [1.54, 1.807) is 12.3 Å². The maximum absolute atomic E-state index is 5.80. The van der Waals surface area contributed by atoms with E-state index in [0.29, 0.717) is 17.6 Å². The fraction of sp³-hybridized carbons (Fsp3) is 0.368. The molecule has 4 nitrogen and oxygen atoms in total. The molecule has 0 aliphatic rings. The van der Waals surface area contributed by atoms with Crippen molar-refractivity contribution in [3.05, 3.63) is 64.4 Å². The van der Waals surface area contributed by atoms with Gasteiger partial charge in [0.25, 0.3) is 0 Å². The summed E-state index contributed by atoms with van der Waals surface area (Å²) in [5, 5.41) is 7.18. The highest BCUT2D eigenvalue weighted by atomic mass is 127. The van der Waals surface area contributed by atoms with Gasteiger partial charge in [0.15, 0.2) is 5.96 Å². The molecule has 1 aromatic carbocycles. The molecule has 1 atom stereocenters. The minimum atomic E-state index is 0. The van der Waals surface area contributed by atoms with Crippen molar-refractivity contribution in [3.8, 4) is 0 Å². The Bertz CT molecular complexity index is 656. The molecule has 2 aromatic rings. The van der Waals surface area contributed by atoms with Crippen molar-refractivity contribution in [2.24, 2.45) is 4.99 Å². The van der Waals surface area contributed by atoms with Gasteiger partial charge in [0.05, 0.1) is 6.54 Å². The van der Waals surface area contributed by atoms with Crippen LogP contribution in [0.5, 0.6) is 0 Å². The Kier molecular flexibility index (Phi) is 9.82. The van der Waals surface area contributed by atoms with Crippen molar-refractivity contribution in [1.29, 1.82) is 0 Å². The van der Waals surface area contributed by atoms with Crippen LogP contribution in [-0.2, 0) is 6.54 Å². The molecule has 1 unspecified atom stereocenters. The van der Waals surface area contributed by atoms with E-state index in [1.165, 1.54) is 11.1 Å². The molecule has 0 aliphatic heterocycles. The number of halogens is 2. The van der Waals surface area contributed by atoms with Crippen molar-refractivity contribution in [1.82, 2.24) is 15.6 Å². The van der Waals surface area contributed by atoms with Crippen LogP contribution in [0.15, 0.2) is 47.6 Å². The summed E-state index contributed by atoms with van der Waals surface area (Å²) in [6, 6.07) is 12.4. The normalized spacial score (nSPS) is 12.2. The Morgan fingerprint density at radius 2 is 1.88 bits per heavy atom. The van der Waals surface area contributed by atoms with Gasteiger partial charge in [0.2, 0.25) is 0 Å². The Morgan fingerprint density at radius 1 is 1.16 bits per heavy atom. The molecule has 0 saturated carbocycles. The zero-order valence-corrected chi connectivity index (χ0v) is 18.0. The lowest BCUT2D eigenvalue weighted by Gasteiger charge is -2.16. The second-order valence-corrected chi connectivity index (χ2v) is 6.26. The Balaban J connectivity index is 0.00000312. The topological polar surface area (TPSA) is 49.3 Å². The van der Waals surface area contributed by atoms with Gasteiger partial charge < -0.3 is 10.6 Å². The average molecular weight is 473 g/mol. The molecule has 25 heavy (non-hydrogen) atoms. The molecule has 0 saturated heterocycles. The quantitative estimate of drug-likeness (QED) is 0.281. The van der Waals surface area contributed by atoms with Gasteiger partial charge in [-0.1, -0.05) is 54.4 Å². The first-order valence-electron chi connectivity index (χ1n) is 8.27. The number of benzene rings is 1. The number of nitrogens with zero attached hydrogens (tertiary/aromatic N) is 2. The van der Waals surface area contributed by atoms with Crippen LogP contribution in [0, 0.1) is 6.92 Å². The first-order chi connectivity index (χ1) is 11.6. The van der Waals surface area contributed by atoms with E-state index < -0.39 is 0 Å². The lowest BCUT2D eigenvalue weighted by atomic mass is 10.0. The van der Waals surface area contributed by atoms with Crippen LogP contribution in [0.25, 0.3) is 0 Å². The summed E-state index contributed by atoms with van der Waals surface area (Å²) < 4.78 is 0. The smallest absolute Gasteiger partial charge is 0.191 e. The molecule has 0 amide bonds. The van der Waals surface area contributed by atoms with Crippen molar-refractivity contribution < 1.29 is 0 Å². The molecule has 136 valence electrons. The van der Waals surface area contributed by atoms with Gasteiger partial charge in [-0.25, -0.2) is 9.98 Å². The van der Waals surface area contributed by atoms with Crippen LogP contribution < -0.4 is 10.6 Å². The molecule has 1 heterocycles. The number of guanidine groups is 1. The van der Waals surface area contributed by atoms with Crippen LogP contribution in [0.4, 0.5) is 0 Å². The van der Waals surface area contributed by atoms with E-state index in [4.69, 9.17) is 11.6 Å². The standard InChI is InChI=1S/C19H25ClN4.HI/c1-4-21-19(24-13-16-7-10-18(20)22-12-16)23-11-15(3)17-8-5-14(2)6-9-17;/h5-10,12,15H,4,11,13H2,1-3H3,(H2,21,23,24);1H. The molecule has 2 N–H and O–H groups in total. The van der Waals surface area contributed by atoms with Crippen molar-refractivity contribution in [2.75, 3.05) is 13.1 Å². The summed E-state index contributed by atoms with van der Waals surface area (Å²) in [7, 11) is 0. The summed E-state index contributed by atoms with van der Waals surface area (Å²) >= 11 is 5.80. The number of aromatic nitrogens is 1. The minimum Gasteiger partial charge on any atom is -0.357 e. The number of rotatable bonds is 6. The van der Waals surface area contributed by atoms with E-state index in [9.17, 15) is 0 Å². The number of hydrogen-bond donors (Lipinski definition) is 2. The van der Waals surface area contributed by atoms with Gasteiger partial charge in [0, 0.05) is 19.3 Å². The second kappa shape index (κ2) is 11.3. The summed E-state index contributed by atoms with van der Waals surface area (Å²) in [6.45, 7) is 8.60. The lowest BCUT2D eigenvalue weighted by Crippen LogP contribution is -2.39. The molecule has 1 aromatic heterocycles. The highest BCUT2D eigenvalue weighted by molar-refractivity contribution is 14.0.